The van der Waals surface area contributed by atoms with Crippen molar-refractivity contribution in [2.75, 3.05) is 30.8 Å². The third kappa shape index (κ3) is 4.99. The largest absolute Gasteiger partial charge is 0.462 e. The van der Waals surface area contributed by atoms with E-state index in [2.05, 4.69) is 16.0 Å². The van der Waals surface area contributed by atoms with Gasteiger partial charge in [-0.2, -0.15) is 0 Å². The van der Waals surface area contributed by atoms with Gasteiger partial charge in [-0.1, -0.05) is 11.6 Å². The number of thiophene rings is 1. The molecule has 7 nitrogen and oxygen atoms in total. The van der Waals surface area contributed by atoms with Crippen LogP contribution in [0.2, 0.25) is 5.02 Å². The van der Waals surface area contributed by atoms with Crippen molar-refractivity contribution in [1.29, 1.82) is 0 Å². The highest BCUT2D eigenvalue weighted by molar-refractivity contribution is 7.18. The van der Waals surface area contributed by atoms with Gasteiger partial charge < -0.3 is 20.7 Å². The first-order chi connectivity index (χ1) is 13.3. The maximum atomic E-state index is 13.5. The Morgan fingerprint density at radius 2 is 2.00 bits per heavy atom. The minimum Gasteiger partial charge on any atom is -0.462 e. The Morgan fingerprint density at radius 3 is 2.61 bits per heavy atom. The molecule has 28 heavy (non-hydrogen) atoms. The number of anilines is 2. The first kappa shape index (κ1) is 21.6. The number of nitrogens with one attached hydrogen (secondary N) is 3. The van der Waals surface area contributed by atoms with E-state index in [1.165, 1.54) is 25.2 Å². The van der Waals surface area contributed by atoms with Gasteiger partial charge in [-0.15, -0.1) is 11.3 Å². The van der Waals surface area contributed by atoms with Crippen molar-refractivity contribution in [2.45, 2.75) is 13.8 Å². The molecule has 0 unspecified atom stereocenters. The number of carbonyl (C=O) groups is 3. The zero-order valence-corrected chi connectivity index (χ0v) is 17.0. The summed E-state index contributed by atoms with van der Waals surface area (Å²) in [4.78, 5) is 36.9. The Kier molecular flexibility index (Phi) is 7.36. The van der Waals surface area contributed by atoms with Crippen molar-refractivity contribution >= 4 is 51.4 Å². The van der Waals surface area contributed by atoms with Crippen LogP contribution in [0.25, 0.3) is 0 Å². The van der Waals surface area contributed by atoms with Crippen LogP contribution in [0.5, 0.6) is 0 Å². The Labute approximate surface area is 170 Å². The van der Waals surface area contributed by atoms with E-state index in [0.29, 0.717) is 16.1 Å². The third-order valence-corrected chi connectivity index (χ3v) is 5.20. The van der Waals surface area contributed by atoms with Gasteiger partial charge in [0.05, 0.1) is 28.6 Å². The van der Waals surface area contributed by atoms with Crippen LogP contribution in [0.15, 0.2) is 18.2 Å². The Hall–Kier alpha value is -2.65. The van der Waals surface area contributed by atoms with Gasteiger partial charge in [0.25, 0.3) is 5.91 Å². The second kappa shape index (κ2) is 9.52. The number of benzene rings is 1. The molecule has 0 spiro atoms. The predicted octanol–water partition coefficient (Wildman–Crippen LogP) is 3.44. The van der Waals surface area contributed by atoms with Gasteiger partial charge in [-0.05, 0) is 37.6 Å². The predicted molar refractivity (Wildman–Crippen MR) is 107 cm³/mol. The molecular weight excluding hydrogens is 409 g/mol. The van der Waals surface area contributed by atoms with Crippen molar-refractivity contribution in [1.82, 2.24) is 5.32 Å². The second-order valence-corrected chi connectivity index (χ2v) is 7.02. The topological polar surface area (TPSA) is 96.5 Å². The van der Waals surface area contributed by atoms with Crippen LogP contribution in [-0.2, 0) is 9.53 Å². The molecule has 3 N–H and O–H groups in total. The summed E-state index contributed by atoms with van der Waals surface area (Å²) in [5.41, 5.74) is 0.929. The Balaban J connectivity index is 2.18. The van der Waals surface area contributed by atoms with E-state index in [0.717, 1.165) is 11.3 Å². The van der Waals surface area contributed by atoms with E-state index in [1.54, 1.807) is 13.8 Å². The highest BCUT2D eigenvalue weighted by Crippen LogP contribution is 2.33. The van der Waals surface area contributed by atoms with E-state index >= 15 is 0 Å². The number of esters is 1. The molecule has 2 amide bonds. The fourth-order valence-corrected chi connectivity index (χ4v) is 3.61. The number of carbonyl (C=O) groups excluding carboxylic acids is 3. The second-order valence-electron chi connectivity index (χ2n) is 5.59. The van der Waals surface area contributed by atoms with Crippen LogP contribution < -0.4 is 16.0 Å². The molecule has 0 aliphatic heterocycles. The number of amides is 2. The zero-order chi connectivity index (χ0) is 20.8. The summed E-state index contributed by atoms with van der Waals surface area (Å²) in [6.07, 6.45) is 0. The van der Waals surface area contributed by atoms with Crippen molar-refractivity contribution in [2.24, 2.45) is 0 Å². The van der Waals surface area contributed by atoms with Crippen LogP contribution in [0, 0.1) is 12.7 Å². The maximum absolute atomic E-state index is 13.5. The number of hydrogen-bond acceptors (Lipinski definition) is 6. The molecule has 1 aromatic heterocycles. The lowest BCUT2D eigenvalue weighted by molar-refractivity contribution is -0.114. The molecule has 0 saturated carbocycles. The molecule has 1 heterocycles. The molecule has 2 rings (SSSR count). The van der Waals surface area contributed by atoms with E-state index in [9.17, 15) is 18.8 Å². The molecule has 2 aromatic rings. The Morgan fingerprint density at radius 1 is 1.29 bits per heavy atom. The van der Waals surface area contributed by atoms with Crippen LogP contribution in [0.4, 0.5) is 15.1 Å². The number of ether oxygens (including phenoxy) is 1. The highest BCUT2D eigenvalue weighted by atomic mass is 35.5. The van der Waals surface area contributed by atoms with Gasteiger partial charge in [0.2, 0.25) is 5.91 Å². The first-order valence-corrected chi connectivity index (χ1v) is 9.49. The molecule has 1 aromatic carbocycles. The summed E-state index contributed by atoms with van der Waals surface area (Å²) in [6, 6.07) is 4.06. The van der Waals surface area contributed by atoms with E-state index in [4.69, 9.17) is 16.3 Å². The lowest BCUT2D eigenvalue weighted by Gasteiger charge is -2.09. The van der Waals surface area contributed by atoms with Gasteiger partial charge in [0.1, 0.15) is 10.8 Å². The third-order valence-electron chi connectivity index (χ3n) is 3.69. The summed E-state index contributed by atoms with van der Waals surface area (Å²) in [5.74, 6) is -2.09. The van der Waals surface area contributed by atoms with E-state index < -0.39 is 17.7 Å². The fourth-order valence-electron chi connectivity index (χ4n) is 2.34. The number of halogens is 2. The molecule has 150 valence electrons. The number of rotatable bonds is 7. The van der Waals surface area contributed by atoms with Gasteiger partial charge in [-0.25, -0.2) is 9.18 Å². The molecule has 10 heteroatoms. The van der Waals surface area contributed by atoms with Crippen molar-refractivity contribution in [3.05, 3.63) is 45.0 Å². The minimum atomic E-state index is -0.630. The molecule has 0 aliphatic rings. The molecule has 0 atom stereocenters. The molecule has 0 bridgehead atoms. The van der Waals surface area contributed by atoms with Gasteiger partial charge in [0, 0.05) is 12.7 Å². The van der Waals surface area contributed by atoms with Gasteiger partial charge in [0.15, 0.2) is 0 Å². The summed E-state index contributed by atoms with van der Waals surface area (Å²) in [6.45, 7) is 3.24. The lowest BCUT2D eigenvalue weighted by Crippen LogP contribution is -2.22. The van der Waals surface area contributed by atoms with Crippen LogP contribution >= 0.6 is 22.9 Å². The summed E-state index contributed by atoms with van der Waals surface area (Å²) < 4.78 is 18.5. The normalized spacial score (nSPS) is 10.3. The maximum Gasteiger partial charge on any atom is 0.341 e. The van der Waals surface area contributed by atoms with E-state index in [1.807, 2.05) is 0 Å². The highest BCUT2D eigenvalue weighted by Gasteiger charge is 2.26. The molecule has 0 radical (unpaired) electrons. The molecule has 0 aliphatic carbocycles. The van der Waals surface area contributed by atoms with Crippen LogP contribution in [-0.4, -0.2) is 38.0 Å². The average molecular weight is 428 g/mol. The van der Waals surface area contributed by atoms with Crippen molar-refractivity contribution in [3.63, 3.8) is 0 Å². The first-order valence-electron chi connectivity index (χ1n) is 8.29. The van der Waals surface area contributed by atoms with Crippen LogP contribution in [0.1, 0.15) is 32.5 Å². The SMILES string of the molecule is CCOC(=O)c1c(NC(=O)CNc2ccc(Cl)c(F)c2)sc(C(=O)NC)c1C. The van der Waals surface area contributed by atoms with Crippen molar-refractivity contribution < 1.29 is 23.5 Å². The average Bonchev–Trinajstić information content (AvgIpc) is 2.98. The molecular formula is C18H19ClFN3O4S. The molecule has 0 saturated heterocycles. The Bertz CT molecular complexity index is 916. The number of hydrogen-bond donors (Lipinski definition) is 3. The minimum absolute atomic E-state index is 0.0233. The fraction of sp³-hybridized carbons (Fsp3) is 0.278. The van der Waals surface area contributed by atoms with Gasteiger partial charge in [-0.3, -0.25) is 9.59 Å². The molecule has 0 fully saturated rings. The van der Waals surface area contributed by atoms with E-state index in [-0.39, 0.29) is 34.6 Å². The van der Waals surface area contributed by atoms with Crippen LogP contribution in [0.3, 0.4) is 0 Å². The summed E-state index contributed by atoms with van der Waals surface area (Å²) in [7, 11) is 1.47. The van der Waals surface area contributed by atoms with Gasteiger partial charge >= 0.3 is 5.97 Å². The standard InChI is InChI=1S/C18H19ClFN3O4S/c1-4-27-18(26)14-9(2)15(16(25)21-3)28-17(14)23-13(24)8-22-10-5-6-11(19)12(20)7-10/h5-7,22H,4,8H2,1-3H3,(H,21,25)(H,23,24). The lowest BCUT2D eigenvalue weighted by atomic mass is 10.1. The monoisotopic (exact) mass is 427 g/mol. The summed E-state index contributed by atoms with van der Waals surface area (Å²) >= 11 is 6.60. The quantitative estimate of drug-likeness (QED) is 0.588. The smallest absolute Gasteiger partial charge is 0.341 e. The summed E-state index contributed by atoms with van der Waals surface area (Å²) in [5, 5.41) is 8.04. The van der Waals surface area contributed by atoms with Crippen molar-refractivity contribution in [3.8, 4) is 0 Å². The zero-order valence-electron chi connectivity index (χ0n) is 15.4.